The van der Waals surface area contributed by atoms with E-state index in [4.69, 9.17) is 9.47 Å². The summed E-state index contributed by atoms with van der Waals surface area (Å²) in [5.74, 6) is -0.813. The fourth-order valence-electron chi connectivity index (χ4n) is 2.39. The molecule has 0 saturated heterocycles. The summed E-state index contributed by atoms with van der Waals surface area (Å²) in [4.78, 5) is 38.4. The molecule has 144 valence electrons. The van der Waals surface area contributed by atoms with E-state index in [1.165, 1.54) is 12.0 Å². The average Bonchev–Trinajstić information content (AvgIpc) is 2.55. The largest absolute Gasteiger partial charge is 0.467 e. The van der Waals surface area contributed by atoms with E-state index < -0.39 is 29.6 Å². The van der Waals surface area contributed by atoms with E-state index in [0.717, 1.165) is 0 Å². The van der Waals surface area contributed by atoms with Crippen LogP contribution in [0.5, 0.6) is 0 Å². The summed E-state index contributed by atoms with van der Waals surface area (Å²) >= 11 is 0. The number of methoxy groups -OCH3 is 1. The first-order valence-electron chi connectivity index (χ1n) is 8.56. The number of rotatable bonds is 9. The third-order valence-electron chi connectivity index (χ3n) is 3.79. The summed E-state index contributed by atoms with van der Waals surface area (Å²) in [5.41, 5.74) is -0.559. The Balaban J connectivity index is 5.35. The van der Waals surface area contributed by atoms with Crippen LogP contribution in [0.2, 0.25) is 0 Å². The maximum atomic E-state index is 13.0. The molecule has 1 N–H and O–H groups in total. The topological polar surface area (TPSA) is 84.9 Å². The zero-order chi connectivity index (χ0) is 19.6. The van der Waals surface area contributed by atoms with Crippen molar-refractivity contribution in [3.8, 4) is 0 Å². The van der Waals surface area contributed by atoms with Gasteiger partial charge in [-0.15, -0.1) is 6.58 Å². The quantitative estimate of drug-likeness (QED) is 0.390. The molecule has 0 fully saturated rings. The lowest BCUT2D eigenvalue weighted by atomic mass is 9.85. The molecule has 0 aliphatic carbocycles. The van der Waals surface area contributed by atoms with Gasteiger partial charge in [0.05, 0.1) is 13.7 Å². The number of hydrogen-bond acceptors (Lipinski definition) is 5. The standard InChI is InChI=1S/C18H32N2O5/c1-8-11-12-25-17(23)19-14(18(4,5)6)15(21)20(10-3)13(9-2)16(22)24-7/h8,13-14H,1,9-12H2,2-7H3,(H,19,23)/t13-,14+/m0/s1. The van der Waals surface area contributed by atoms with Gasteiger partial charge in [0.2, 0.25) is 5.91 Å². The number of ether oxygens (including phenoxy) is 2. The first kappa shape index (κ1) is 22.9. The minimum absolute atomic E-state index is 0.192. The van der Waals surface area contributed by atoms with Gasteiger partial charge in [0, 0.05) is 6.54 Å². The smallest absolute Gasteiger partial charge is 0.407 e. The van der Waals surface area contributed by atoms with Gasteiger partial charge in [0.15, 0.2) is 0 Å². The van der Waals surface area contributed by atoms with Crippen LogP contribution in [-0.2, 0) is 19.1 Å². The summed E-state index contributed by atoms with van der Waals surface area (Å²) < 4.78 is 9.84. The maximum absolute atomic E-state index is 13.0. The Kier molecular flexibility index (Phi) is 9.86. The van der Waals surface area contributed by atoms with Crippen LogP contribution in [0.3, 0.4) is 0 Å². The molecule has 25 heavy (non-hydrogen) atoms. The highest BCUT2D eigenvalue weighted by Gasteiger charge is 2.39. The number of amides is 2. The Morgan fingerprint density at radius 3 is 2.24 bits per heavy atom. The first-order chi connectivity index (χ1) is 11.6. The molecule has 0 bridgehead atoms. The first-order valence-corrected chi connectivity index (χ1v) is 8.56. The van der Waals surface area contributed by atoms with E-state index in [9.17, 15) is 14.4 Å². The number of nitrogens with one attached hydrogen (secondary N) is 1. The van der Waals surface area contributed by atoms with Crippen LogP contribution in [0.1, 0.15) is 47.5 Å². The van der Waals surface area contributed by atoms with Crippen LogP contribution >= 0.6 is 0 Å². The van der Waals surface area contributed by atoms with Crippen LogP contribution < -0.4 is 5.32 Å². The molecule has 0 saturated carbocycles. The van der Waals surface area contributed by atoms with E-state index >= 15 is 0 Å². The van der Waals surface area contributed by atoms with Gasteiger partial charge >= 0.3 is 12.1 Å². The molecule has 0 heterocycles. The van der Waals surface area contributed by atoms with E-state index in [1.807, 2.05) is 20.8 Å². The SMILES string of the molecule is C=CCCOC(=O)N[C@H](C(=O)N(CC)[C@@H](CC)C(=O)OC)C(C)(C)C. The molecule has 0 radical (unpaired) electrons. The normalized spacial score (nSPS) is 13.4. The van der Waals surface area contributed by atoms with E-state index in [-0.39, 0.29) is 12.5 Å². The number of likely N-dealkylation sites (N-methyl/N-ethyl adjacent to an activating group) is 1. The molecule has 0 rings (SSSR count). The van der Waals surface area contributed by atoms with Gasteiger partial charge in [0.1, 0.15) is 12.1 Å². The third kappa shape index (κ3) is 7.15. The summed E-state index contributed by atoms with van der Waals surface area (Å²) in [6.07, 6.45) is 1.92. The highest BCUT2D eigenvalue weighted by atomic mass is 16.5. The van der Waals surface area contributed by atoms with Crippen molar-refractivity contribution in [1.82, 2.24) is 10.2 Å². The highest BCUT2D eigenvalue weighted by molar-refractivity contribution is 5.90. The van der Waals surface area contributed by atoms with Crippen LogP contribution in [0, 0.1) is 5.41 Å². The van der Waals surface area contributed by atoms with Gasteiger partial charge in [-0.2, -0.15) is 0 Å². The monoisotopic (exact) mass is 356 g/mol. The summed E-state index contributed by atoms with van der Waals surface area (Å²) in [6.45, 7) is 13.2. The van der Waals surface area contributed by atoms with Gasteiger partial charge < -0.3 is 19.7 Å². The average molecular weight is 356 g/mol. The van der Waals surface area contributed by atoms with Crippen molar-refractivity contribution in [3.05, 3.63) is 12.7 Å². The summed E-state index contributed by atoms with van der Waals surface area (Å²) in [6, 6.07) is -1.52. The fraction of sp³-hybridized carbons (Fsp3) is 0.722. The molecular formula is C18H32N2O5. The summed E-state index contributed by atoms with van der Waals surface area (Å²) in [7, 11) is 1.29. The molecule has 2 amide bonds. The number of alkyl carbamates (subject to hydrolysis) is 1. The van der Waals surface area contributed by atoms with Crippen LogP contribution in [0.25, 0.3) is 0 Å². The maximum Gasteiger partial charge on any atom is 0.407 e. The molecule has 2 atom stereocenters. The highest BCUT2D eigenvalue weighted by Crippen LogP contribution is 2.23. The molecule has 0 aromatic carbocycles. The number of hydrogen-bond donors (Lipinski definition) is 1. The van der Waals surface area contributed by atoms with Gasteiger partial charge in [0.25, 0.3) is 0 Å². The van der Waals surface area contributed by atoms with Crippen molar-refractivity contribution in [2.24, 2.45) is 5.41 Å². The molecule has 0 aliphatic rings. The second-order valence-electron chi connectivity index (χ2n) is 6.73. The van der Waals surface area contributed by atoms with Gasteiger partial charge in [-0.25, -0.2) is 9.59 Å². The van der Waals surface area contributed by atoms with Crippen molar-refractivity contribution in [2.45, 2.75) is 59.5 Å². The van der Waals surface area contributed by atoms with Gasteiger partial charge in [-0.05, 0) is 25.2 Å². The molecule has 0 aromatic heterocycles. The molecule has 0 unspecified atom stereocenters. The zero-order valence-electron chi connectivity index (χ0n) is 16.3. The van der Waals surface area contributed by atoms with Gasteiger partial charge in [-0.1, -0.05) is 33.8 Å². The Morgan fingerprint density at radius 1 is 1.24 bits per heavy atom. The van der Waals surface area contributed by atoms with E-state index in [0.29, 0.717) is 19.4 Å². The number of esters is 1. The fourth-order valence-corrected chi connectivity index (χ4v) is 2.39. The van der Waals surface area contributed by atoms with Crippen LogP contribution in [0.15, 0.2) is 12.7 Å². The molecule has 0 aromatic rings. The lowest BCUT2D eigenvalue weighted by Crippen LogP contribution is -2.58. The minimum atomic E-state index is -0.831. The number of nitrogens with zero attached hydrogens (tertiary/aromatic N) is 1. The van der Waals surface area contributed by atoms with Crippen molar-refractivity contribution in [2.75, 3.05) is 20.3 Å². The van der Waals surface area contributed by atoms with Crippen molar-refractivity contribution in [3.63, 3.8) is 0 Å². The van der Waals surface area contributed by atoms with Crippen LogP contribution in [0.4, 0.5) is 4.79 Å². The Hall–Kier alpha value is -2.05. The molecule has 7 nitrogen and oxygen atoms in total. The molecule has 0 spiro atoms. The lowest BCUT2D eigenvalue weighted by molar-refractivity contribution is -0.154. The Morgan fingerprint density at radius 2 is 1.84 bits per heavy atom. The molecule has 0 aliphatic heterocycles. The van der Waals surface area contributed by atoms with Crippen molar-refractivity contribution >= 4 is 18.0 Å². The van der Waals surface area contributed by atoms with E-state index in [2.05, 4.69) is 11.9 Å². The second kappa shape index (κ2) is 10.7. The van der Waals surface area contributed by atoms with Crippen molar-refractivity contribution in [1.29, 1.82) is 0 Å². The molecular weight excluding hydrogens is 324 g/mol. The Bertz CT molecular complexity index is 471. The minimum Gasteiger partial charge on any atom is -0.467 e. The van der Waals surface area contributed by atoms with Crippen LogP contribution in [-0.4, -0.2) is 55.2 Å². The predicted octanol–water partition coefficient (Wildman–Crippen LogP) is 2.50. The van der Waals surface area contributed by atoms with E-state index in [1.54, 1.807) is 19.9 Å². The predicted molar refractivity (Wildman–Crippen MR) is 96.0 cm³/mol. The number of carbonyl (C=O) groups is 3. The zero-order valence-corrected chi connectivity index (χ0v) is 16.3. The van der Waals surface area contributed by atoms with Gasteiger partial charge in [-0.3, -0.25) is 4.79 Å². The second-order valence-corrected chi connectivity index (χ2v) is 6.73. The Labute approximate surface area is 150 Å². The number of carbonyl (C=O) groups excluding carboxylic acids is 3. The summed E-state index contributed by atoms with van der Waals surface area (Å²) in [5, 5.41) is 2.63. The molecule has 7 heteroatoms. The lowest BCUT2D eigenvalue weighted by Gasteiger charge is -2.36. The van der Waals surface area contributed by atoms with Crippen molar-refractivity contribution < 1.29 is 23.9 Å². The third-order valence-corrected chi connectivity index (χ3v) is 3.79.